The summed E-state index contributed by atoms with van der Waals surface area (Å²) in [7, 11) is 2.18. The van der Waals surface area contributed by atoms with Crippen LogP contribution in [0, 0.1) is 23.2 Å². The Hall–Kier alpha value is -2.26. The first-order valence-corrected chi connectivity index (χ1v) is 11.4. The number of nitrogens with two attached hydrogens (primary N) is 1. The zero-order valence-corrected chi connectivity index (χ0v) is 19.0. The number of allylic oxidation sites excluding steroid dienone is 2. The molecule has 32 heavy (non-hydrogen) atoms. The molecule has 0 amide bonds. The first kappa shape index (κ1) is 22.9. The maximum atomic E-state index is 12.6. The number of nitrogen functional groups attached to an aromatic ring is 1. The molecule has 0 aromatic carbocycles. The standard InChI is InChI=1S/C23H34F2N6O/c1-13(2)29-19(11-18(26)14-8-20(32-23(24)25)22(27)28-12-14)21-16-9-15(10-17(16)21)31-6-4-30(3)5-7-31/h8,11-13,15-17,21,23,26,29H,4-7,9-10H2,1-3H3,(H2,27,28)/b19-11-,26-18?/t15?,16-,17+,21+. The lowest BCUT2D eigenvalue weighted by molar-refractivity contribution is -0.0495. The summed E-state index contributed by atoms with van der Waals surface area (Å²) in [5, 5.41) is 12.1. The van der Waals surface area contributed by atoms with Crippen molar-refractivity contribution in [2.24, 2.45) is 17.8 Å². The number of ether oxygens (including phenoxy) is 1. The summed E-state index contributed by atoms with van der Waals surface area (Å²) in [4.78, 5) is 8.96. The highest BCUT2D eigenvalue weighted by molar-refractivity contribution is 6.07. The van der Waals surface area contributed by atoms with E-state index in [0.29, 0.717) is 29.4 Å². The number of fused-ring (bicyclic) bond motifs is 1. The molecule has 1 aliphatic heterocycles. The van der Waals surface area contributed by atoms with Crippen LogP contribution in [0.4, 0.5) is 14.6 Å². The number of anilines is 1. The van der Waals surface area contributed by atoms with Crippen LogP contribution in [0.1, 0.15) is 32.3 Å². The molecule has 0 radical (unpaired) electrons. The predicted molar refractivity (Wildman–Crippen MR) is 121 cm³/mol. The molecule has 7 nitrogen and oxygen atoms in total. The van der Waals surface area contributed by atoms with Gasteiger partial charge in [0.2, 0.25) is 0 Å². The van der Waals surface area contributed by atoms with Gasteiger partial charge in [-0.1, -0.05) is 0 Å². The summed E-state index contributed by atoms with van der Waals surface area (Å²) < 4.78 is 29.7. The average molecular weight is 449 g/mol. The fourth-order valence-corrected chi connectivity index (χ4v) is 5.36. The van der Waals surface area contributed by atoms with Crippen LogP contribution >= 0.6 is 0 Å². The lowest BCUT2D eigenvalue weighted by atomic mass is 10.0. The van der Waals surface area contributed by atoms with E-state index in [-0.39, 0.29) is 23.3 Å². The van der Waals surface area contributed by atoms with E-state index < -0.39 is 6.61 Å². The number of piperazine rings is 1. The number of likely N-dealkylation sites (N-methyl/N-ethyl adjacent to an activating group) is 1. The fraction of sp³-hybridized carbons (Fsp3) is 0.652. The molecule has 0 spiro atoms. The maximum Gasteiger partial charge on any atom is 0.387 e. The summed E-state index contributed by atoms with van der Waals surface area (Å²) in [6, 6.07) is 2.27. The van der Waals surface area contributed by atoms with Gasteiger partial charge in [-0.25, -0.2) is 4.98 Å². The van der Waals surface area contributed by atoms with E-state index in [4.69, 9.17) is 11.1 Å². The van der Waals surface area contributed by atoms with Crippen LogP contribution in [-0.2, 0) is 0 Å². The van der Waals surface area contributed by atoms with Gasteiger partial charge < -0.3 is 26.1 Å². The van der Waals surface area contributed by atoms with Crippen LogP contribution in [0.15, 0.2) is 24.0 Å². The second-order valence-electron chi connectivity index (χ2n) is 9.62. The molecule has 4 rings (SSSR count). The number of hydrogen-bond donors (Lipinski definition) is 3. The van der Waals surface area contributed by atoms with Crippen molar-refractivity contribution in [2.75, 3.05) is 39.0 Å². The molecule has 1 aromatic rings. The predicted octanol–water partition coefficient (Wildman–Crippen LogP) is 2.79. The van der Waals surface area contributed by atoms with Crippen LogP contribution in [0.3, 0.4) is 0 Å². The minimum absolute atomic E-state index is 0.113. The van der Waals surface area contributed by atoms with Gasteiger partial charge in [-0.3, -0.25) is 4.90 Å². The Morgan fingerprint density at radius 2 is 1.91 bits per heavy atom. The number of halogens is 2. The summed E-state index contributed by atoms with van der Waals surface area (Å²) >= 11 is 0. The van der Waals surface area contributed by atoms with Crippen molar-refractivity contribution in [1.29, 1.82) is 5.41 Å². The largest absolute Gasteiger partial charge is 0.431 e. The summed E-state index contributed by atoms with van der Waals surface area (Å²) in [6.45, 7) is 5.76. The molecule has 2 heterocycles. The maximum absolute atomic E-state index is 12.6. The van der Waals surface area contributed by atoms with E-state index in [1.54, 1.807) is 0 Å². The van der Waals surface area contributed by atoms with E-state index in [0.717, 1.165) is 31.9 Å². The molecule has 0 bridgehead atoms. The summed E-state index contributed by atoms with van der Waals surface area (Å²) in [5.74, 6) is 1.41. The Labute approximate surface area is 188 Å². The van der Waals surface area contributed by atoms with E-state index in [9.17, 15) is 8.78 Å². The van der Waals surface area contributed by atoms with E-state index in [1.165, 1.54) is 25.1 Å². The molecular formula is C23H34F2N6O. The van der Waals surface area contributed by atoms with Crippen LogP contribution in [0.2, 0.25) is 0 Å². The number of aromatic nitrogens is 1. The average Bonchev–Trinajstić information content (AvgIpc) is 3.22. The van der Waals surface area contributed by atoms with Gasteiger partial charge in [0.1, 0.15) is 0 Å². The van der Waals surface area contributed by atoms with E-state index in [1.807, 2.05) is 6.08 Å². The van der Waals surface area contributed by atoms with Crippen molar-refractivity contribution in [3.63, 3.8) is 0 Å². The molecule has 1 saturated heterocycles. The minimum atomic E-state index is -2.99. The van der Waals surface area contributed by atoms with Gasteiger partial charge in [0.05, 0.1) is 5.71 Å². The number of pyridine rings is 1. The normalized spacial score (nSPS) is 28.8. The van der Waals surface area contributed by atoms with Crippen molar-refractivity contribution >= 4 is 11.5 Å². The van der Waals surface area contributed by atoms with Gasteiger partial charge in [0.25, 0.3) is 0 Å². The molecule has 3 fully saturated rings. The van der Waals surface area contributed by atoms with Gasteiger partial charge in [-0.15, -0.1) is 0 Å². The zero-order valence-electron chi connectivity index (χ0n) is 19.0. The van der Waals surface area contributed by atoms with E-state index >= 15 is 0 Å². The van der Waals surface area contributed by atoms with Gasteiger partial charge in [0.15, 0.2) is 11.6 Å². The third-order valence-electron chi connectivity index (χ3n) is 7.00. The molecule has 1 aromatic heterocycles. The molecule has 176 valence electrons. The third-order valence-corrected chi connectivity index (χ3v) is 7.00. The Morgan fingerprint density at radius 3 is 2.50 bits per heavy atom. The second kappa shape index (κ2) is 9.31. The molecule has 9 heteroatoms. The van der Waals surface area contributed by atoms with Gasteiger partial charge >= 0.3 is 6.61 Å². The number of nitrogens with zero attached hydrogens (tertiary/aromatic N) is 3. The van der Waals surface area contributed by atoms with Gasteiger partial charge in [-0.05, 0) is 57.7 Å². The SMILES string of the molecule is CC(C)N/C(=C\C(=N)c1cnc(N)c(OC(F)F)c1)[C@H]1[C@@H]2CC(N3CCN(C)CC3)C[C@@H]21. The second-order valence-corrected chi connectivity index (χ2v) is 9.62. The first-order valence-electron chi connectivity index (χ1n) is 11.4. The molecule has 4 N–H and O–H groups in total. The highest BCUT2D eigenvalue weighted by Crippen LogP contribution is 2.61. The molecule has 3 aliphatic rings. The summed E-state index contributed by atoms with van der Waals surface area (Å²) in [5.41, 5.74) is 7.30. The lowest BCUT2D eigenvalue weighted by Crippen LogP contribution is -2.48. The highest BCUT2D eigenvalue weighted by Gasteiger charge is 2.58. The number of hydrogen-bond acceptors (Lipinski definition) is 7. The lowest BCUT2D eigenvalue weighted by Gasteiger charge is -2.37. The minimum Gasteiger partial charge on any atom is -0.431 e. The molecular weight excluding hydrogens is 414 g/mol. The molecule has 2 saturated carbocycles. The van der Waals surface area contributed by atoms with Crippen molar-refractivity contribution in [3.05, 3.63) is 29.6 Å². The van der Waals surface area contributed by atoms with Crippen molar-refractivity contribution in [1.82, 2.24) is 20.1 Å². The molecule has 4 atom stereocenters. The number of nitrogens with one attached hydrogen (secondary N) is 2. The fourth-order valence-electron chi connectivity index (χ4n) is 5.36. The van der Waals surface area contributed by atoms with Crippen LogP contribution in [0.5, 0.6) is 5.75 Å². The quantitative estimate of drug-likeness (QED) is 0.530. The number of alkyl halides is 2. The Balaban J connectivity index is 1.44. The van der Waals surface area contributed by atoms with Crippen molar-refractivity contribution in [2.45, 2.75) is 45.4 Å². The Morgan fingerprint density at radius 1 is 1.25 bits per heavy atom. The highest BCUT2D eigenvalue weighted by atomic mass is 19.3. The van der Waals surface area contributed by atoms with Crippen molar-refractivity contribution < 1.29 is 13.5 Å². The van der Waals surface area contributed by atoms with Crippen molar-refractivity contribution in [3.8, 4) is 5.75 Å². The molecule has 2 aliphatic carbocycles. The van der Waals surface area contributed by atoms with Gasteiger partial charge in [0, 0.05) is 61.6 Å². The van der Waals surface area contributed by atoms with Gasteiger partial charge in [-0.2, -0.15) is 8.78 Å². The van der Waals surface area contributed by atoms with Crippen LogP contribution < -0.4 is 15.8 Å². The monoisotopic (exact) mass is 448 g/mol. The zero-order chi connectivity index (χ0) is 23.0. The van der Waals surface area contributed by atoms with E-state index in [2.05, 4.69) is 45.7 Å². The smallest absolute Gasteiger partial charge is 0.387 e. The first-order chi connectivity index (χ1) is 15.2. The summed E-state index contributed by atoms with van der Waals surface area (Å²) in [6.07, 6.45) is 5.67. The van der Waals surface area contributed by atoms with Crippen LogP contribution in [-0.4, -0.2) is 72.4 Å². The topological polar surface area (TPSA) is 90.5 Å². The number of rotatable bonds is 8. The Bertz CT molecular complexity index is 856. The third kappa shape index (κ3) is 5.04. The Kier molecular flexibility index (Phi) is 6.67. The van der Waals surface area contributed by atoms with Crippen LogP contribution in [0.25, 0.3) is 0 Å². The molecule has 1 unspecified atom stereocenters.